The molecule has 2 heterocycles. The van der Waals surface area contributed by atoms with Crippen molar-refractivity contribution in [1.29, 1.82) is 0 Å². The zero-order valence-electron chi connectivity index (χ0n) is 11.9. The van der Waals surface area contributed by atoms with E-state index in [9.17, 15) is 4.79 Å². The summed E-state index contributed by atoms with van der Waals surface area (Å²) >= 11 is 0. The van der Waals surface area contributed by atoms with Crippen LogP contribution in [-0.2, 0) is 4.74 Å². The second-order valence-corrected chi connectivity index (χ2v) is 5.64. The van der Waals surface area contributed by atoms with Gasteiger partial charge in [-0.3, -0.25) is 0 Å². The number of hydrogen-bond acceptors (Lipinski definition) is 3. The van der Waals surface area contributed by atoms with Crippen LogP contribution in [0.1, 0.15) is 31.9 Å². The van der Waals surface area contributed by atoms with Gasteiger partial charge in [0.2, 0.25) is 0 Å². The molecule has 0 radical (unpaired) electrons. The number of rotatable bonds is 4. The molecule has 20 heavy (non-hydrogen) atoms. The van der Waals surface area contributed by atoms with Gasteiger partial charge in [-0.05, 0) is 43.9 Å². The Labute approximate surface area is 117 Å². The van der Waals surface area contributed by atoms with E-state index in [2.05, 4.69) is 35.2 Å². The van der Waals surface area contributed by atoms with Crippen molar-refractivity contribution >= 4 is 11.0 Å². The summed E-state index contributed by atoms with van der Waals surface area (Å²) in [7, 11) is 0. The first-order valence-electron chi connectivity index (χ1n) is 7.20. The van der Waals surface area contributed by atoms with Crippen molar-refractivity contribution in [3.8, 4) is 0 Å². The molecule has 5 heteroatoms. The van der Waals surface area contributed by atoms with E-state index in [1.807, 2.05) is 12.1 Å². The number of benzene rings is 1. The number of imidazole rings is 1. The first kappa shape index (κ1) is 13.4. The molecule has 5 nitrogen and oxygen atoms in total. The molecule has 1 fully saturated rings. The van der Waals surface area contributed by atoms with Crippen LogP contribution in [0.15, 0.2) is 23.0 Å². The van der Waals surface area contributed by atoms with Crippen LogP contribution in [0.3, 0.4) is 0 Å². The van der Waals surface area contributed by atoms with Crippen molar-refractivity contribution in [2.24, 2.45) is 5.92 Å². The molecule has 0 amide bonds. The SMILES string of the molecule is CC(NCC1CCOC1C)c1ccc2[nH]c(=O)[nH]c2c1. The van der Waals surface area contributed by atoms with Gasteiger partial charge < -0.3 is 20.0 Å². The molecule has 0 saturated carbocycles. The zero-order valence-corrected chi connectivity index (χ0v) is 11.9. The second kappa shape index (κ2) is 5.42. The third-order valence-electron chi connectivity index (χ3n) is 4.26. The number of nitrogens with one attached hydrogen (secondary N) is 3. The lowest BCUT2D eigenvalue weighted by atomic mass is 10.0. The largest absolute Gasteiger partial charge is 0.378 e. The highest BCUT2D eigenvalue weighted by atomic mass is 16.5. The molecule has 1 aliphatic heterocycles. The van der Waals surface area contributed by atoms with Gasteiger partial charge in [0.25, 0.3) is 0 Å². The maximum atomic E-state index is 11.3. The molecular weight excluding hydrogens is 254 g/mol. The van der Waals surface area contributed by atoms with Crippen LogP contribution in [-0.4, -0.2) is 29.2 Å². The van der Waals surface area contributed by atoms with E-state index in [-0.39, 0.29) is 11.7 Å². The van der Waals surface area contributed by atoms with Gasteiger partial charge in [-0.2, -0.15) is 0 Å². The molecule has 3 rings (SSSR count). The molecule has 1 saturated heterocycles. The van der Waals surface area contributed by atoms with Crippen molar-refractivity contribution in [3.63, 3.8) is 0 Å². The molecule has 0 bridgehead atoms. The molecule has 3 unspecified atom stereocenters. The minimum Gasteiger partial charge on any atom is -0.378 e. The number of hydrogen-bond donors (Lipinski definition) is 3. The summed E-state index contributed by atoms with van der Waals surface area (Å²) in [5.74, 6) is 0.591. The maximum Gasteiger partial charge on any atom is 0.323 e. The first-order valence-corrected chi connectivity index (χ1v) is 7.20. The summed E-state index contributed by atoms with van der Waals surface area (Å²) < 4.78 is 5.58. The summed E-state index contributed by atoms with van der Waals surface area (Å²) in [5.41, 5.74) is 2.73. The number of aromatic amines is 2. The van der Waals surface area contributed by atoms with Crippen molar-refractivity contribution < 1.29 is 4.74 Å². The predicted molar refractivity (Wildman–Crippen MR) is 78.9 cm³/mol. The van der Waals surface area contributed by atoms with E-state index in [1.54, 1.807) is 0 Å². The normalized spacial score (nSPS) is 24.3. The standard InChI is InChI=1S/C15H21N3O2/c1-9(16-8-12-5-6-20-10(12)2)11-3-4-13-14(7-11)18-15(19)17-13/h3-4,7,9-10,12,16H,5-6,8H2,1-2H3,(H2,17,18,19). The molecule has 0 spiro atoms. The molecule has 0 aliphatic carbocycles. The molecule has 108 valence electrons. The van der Waals surface area contributed by atoms with Crippen LogP contribution in [0, 0.1) is 5.92 Å². The molecule has 1 aromatic carbocycles. The summed E-state index contributed by atoms with van der Waals surface area (Å²) in [5, 5.41) is 3.56. The summed E-state index contributed by atoms with van der Waals surface area (Å²) in [6.07, 6.45) is 1.48. The van der Waals surface area contributed by atoms with Crippen LogP contribution < -0.4 is 11.0 Å². The summed E-state index contributed by atoms with van der Waals surface area (Å²) in [6, 6.07) is 6.28. The summed E-state index contributed by atoms with van der Waals surface area (Å²) in [4.78, 5) is 16.8. The van der Waals surface area contributed by atoms with Gasteiger partial charge in [0.05, 0.1) is 17.1 Å². The minimum absolute atomic E-state index is 0.158. The Morgan fingerprint density at radius 3 is 2.95 bits per heavy atom. The Balaban J connectivity index is 1.68. The van der Waals surface area contributed by atoms with Crippen molar-refractivity contribution in [2.75, 3.05) is 13.2 Å². The third kappa shape index (κ3) is 2.64. The second-order valence-electron chi connectivity index (χ2n) is 5.64. The van der Waals surface area contributed by atoms with E-state index in [1.165, 1.54) is 5.56 Å². The Kier molecular flexibility index (Phi) is 3.63. The highest BCUT2D eigenvalue weighted by molar-refractivity contribution is 5.75. The van der Waals surface area contributed by atoms with Gasteiger partial charge in [0.15, 0.2) is 0 Å². The third-order valence-corrected chi connectivity index (χ3v) is 4.26. The van der Waals surface area contributed by atoms with E-state index < -0.39 is 0 Å². The fourth-order valence-electron chi connectivity index (χ4n) is 2.81. The van der Waals surface area contributed by atoms with E-state index in [4.69, 9.17) is 4.74 Å². The quantitative estimate of drug-likeness (QED) is 0.798. The smallest absolute Gasteiger partial charge is 0.323 e. The van der Waals surface area contributed by atoms with E-state index >= 15 is 0 Å². The van der Waals surface area contributed by atoms with Gasteiger partial charge in [0.1, 0.15) is 0 Å². The monoisotopic (exact) mass is 275 g/mol. The highest BCUT2D eigenvalue weighted by Gasteiger charge is 2.24. The number of aromatic nitrogens is 2. The number of fused-ring (bicyclic) bond motifs is 1. The Bertz CT molecular complexity index is 646. The summed E-state index contributed by atoms with van der Waals surface area (Å²) in [6.45, 7) is 6.12. The Hall–Kier alpha value is -1.59. The average Bonchev–Trinajstić information content (AvgIpc) is 2.99. The first-order chi connectivity index (χ1) is 9.63. The van der Waals surface area contributed by atoms with Crippen molar-refractivity contribution in [1.82, 2.24) is 15.3 Å². The molecule has 2 aromatic rings. The fourth-order valence-corrected chi connectivity index (χ4v) is 2.81. The Morgan fingerprint density at radius 1 is 1.40 bits per heavy atom. The fraction of sp³-hybridized carbons (Fsp3) is 0.533. The molecule has 1 aliphatic rings. The lowest BCUT2D eigenvalue weighted by Crippen LogP contribution is -2.29. The highest BCUT2D eigenvalue weighted by Crippen LogP contribution is 2.22. The van der Waals surface area contributed by atoms with Crippen LogP contribution in [0.4, 0.5) is 0 Å². The van der Waals surface area contributed by atoms with Crippen LogP contribution >= 0.6 is 0 Å². The maximum absolute atomic E-state index is 11.3. The van der Waals surface area contributed by atoms with Gasteiger partial charge in [-0.15, -0.1) is 0 Å². The van der Waals surface area contributed by atoms with Crippen LogP contribution in [0.2, 0.25) is 0 Å². The predicted octanol–water partition coefficient (Wildman–Crippen LogP) is 1.93. The molecular formula is C15H21N3O2. The lowest BCUT2D eigenvalue weighted by molar-refractivity contribution is 0.105. The van der Waals surface area contributed by atoms with E-state index in [0.717, 1.165) is 30.6 Å². The van der Waals surface area contributed by atoms with Gasteiger partial charge in [0, 0.05) is 19.2 Å². The molecule has 3 N–H and O–H groups in total. The number of H-pyrrole nitrogens is 2. The van der Waals surface area contributed by atoms with Crippen LogP contribution in [0.5, 0.6) is 0 Å². The zero-order chi connectivity index (χ0) is 14.1. The molecule has 1 aromatic heterocycles. The van der Waals surface area contributed by atoms with Crippen LogP contribution in [0.25, 0.3) is 11.0 Å². The van der Waals surface area contributed by atoms with Crippen molar-refractivity contribution in [2.45, 2.75) is 32.4 Å². The molecule has 3 atom stereocenters. The van der Waals surface area contributed by atoms with E-state index in [0.29, 0.717) is 12.0 Å². The topological polar surface area (TPSA) is 69.9 Å². The van der Waals surface area contributed by atoms with Gasteiger partial charge >= 0.3 is 5.69 Å². The minimum atomic E-state index is -0.158. The van der Waals surface area contributed by atoms with Gasteiger partial charge in [-0.25, -0.2) is 4.79 Å². The average molecular weight is 275 g/mol. The van der Waals surface area contributed by atoms with Crippen molar-refractivity contribution in [3.05, 3.63) is 34.2 Å². The lowest BCUT2D eigenvalue weighted by Gasteiger charge is -2.19. The number of ether oxygens (including phenoxy) is 1. The van der Waals surface area contributed by atoms with Gasteiger partial charge in [-0.1, -0.05) is 6.07 Å². The Morgan fingerprint density at radius 2 is 2.20 bits per heavy atom.